The van der Waals surface area contributed by atoms with Crippen LogP contribution >= 0.6 is 23.1 Å². The predicted molar refractivity (Wildman–Crippen MR) is 169 cm³/mol. The van der Waals surface area contributed by atoms with Gasteiger partial charge in [-0.15, -0.1) is 0 Å². The summed E-state index contributed by atoms with van der Waals surface area (Å²) in [6, 6.07) is 15.7. The van der Waals surface area contributed by atoms with E-state index in [1.54, 1.807) is 42.5 Å². The number of anilines is 2. The SMILES string of the molecule is COc1ccc(N2C(=O)[C@H]3[C@H](c4ccc(OC)c(OC)c4)c4sc(=O)n(CC(=O)Nc5cccc(C(F)(F)F)c5)c4S[C@H]3C2=O)cc1. The van der Waals surface area contributed by atoms with E-state index in [0.29, 0.717) is 38.4 Å². The molecule has 0 saturated carbocycles. The summed E-state index contributed by atoms with van der Waals surface area (Å²) in [4.78, 5) is 55.7. The van der Waals surface area contributed by atoms with Crippen LogP contribution in [0.3, 0.4) is 0 Å². The number of benzene rings is 3. The van der Waals surface area contributed by atoms with Crippen molar-refractivity contribution in [3.05, 3.63) is 92.4 Å². The summed E-state index contributed by atoms with van der Waals surface area (Å²) in [5.74, 6) is -2.04. The van der Waals surface area contributed by atoms with E-state index in [1.165, 1.54) is 32.0 Å². The maximum atomic E-state index is 14.1. The van der Waals surface area contributed by atoms with E-state index in [-0.39, 0.29) is 5.69 Å². The molecular weight excluding hydrogens is 659 g/mol. The Morgan fingerprint density at radius 3 is 2.28 bits per heavy atom. The molecule has 1 N–H and O–H groups in total. The zero-order chi connectivity index (χ0) is 33.6. The van der Waals surface area contributed by atoms with Crippen molar-refractivity contribution in [3.8, 4) is 17.2 Å². The molecular formula is C32H26F3N3O7S2. The number of thiazole rings is 1. The number of imide groups is 1. The van der Waals surface area contributed by atoms with Gasteiger partial charge in [0.05, 0.1) is 43.5 Å². The molecule has 15 heteroatoms. The van der Waals surface area contributed by atoms with Gasteiger partial charge in [-0.05, 0) is 60.2 Å². The molecule has 2 aliphatic rings. The normalized spacial score (nSPS) is 18.9. The number of ether oxygens (including phenoxy) is 3. The van der Waals surface area contributed by atoms with Crippen molar-refractivity contribution in [2.24, 2.45) is 5.92 Å². The molecule has 3 aromatic carbocycles. The number of carbonyl (C=O) groups excluding carboxylic acids is 3. The molecule has 1 saturated heterocycles. The molecule has 3 heterocycles. The predicted octanol–water partition coefficient (Wildman–Crippen LogP) is 5.39. The maximum Gasteiger partial charge on any atom is 0.416 e. The minimum atomic E-state index is -4.61. The Morgan fingerprint density at radius 1 is 0.894 bits per heavy atom. The summed E-state index contributed by atoms with van der Waals surface area (Å²) in [6.45, 7) is -0.533. The Kier molecular flexibility index (Phi) is 8.53. The second-order valence-corrected chi connectivity index (χ2v) is 12.7. The first-order valence-corrected chi connectivity index (χ1v) is 15.8. The van der Waals surface area contributed by atoms with E-state index < -0.39 is 58.0 Å². The second-order valence-electron chi connectivity index (χ2n) is 10.6. The molecule has 0 spiro atoms. The van der Waals surface area contributed by atoms with E-state index in [1.807, 2.05) is 0 Å². The Hall–Kier alpha value is -4.76. The third kappa shape index (κ3) is 5.84. The smallest absolute Gasteiger partial charge is 0.416 e. The molecule has 1 aromatic heterocycles. The maximum absolute atomic E-state index is 14.1. The van der Waals surface area contributed by atoms with Gasteiger partial charge >= 0.3 is 11.0 Å². The zero-order valence-electron chi connectivity index (χ0n) is 25.0. The third-order valence-corrected chi connectivity index (χ3v) is 10.5. The van der Waals surface area contributed by atoms with Crippen molar-refractivity contribution in [3.63, 3.8) is 0 Å². The van der Waals surface area contributed by atoms with Gasteiger partial charge in [-0.2, -0.15) is 13.2 Å². The molecule has 244 valence electrons. The van der Waals surface area contributed by atoms with Crippen LogP contribution in [0.15, 0.2) is 76.6 Å². The summed E-state index contributed by atoms with van der Waals surface area (Å²) in [6.07, 6.45) is -4.61. The molecule has 0 radical (unpaired) electrons. The number of alkyl halides is 3. The lowest BCUT2D eigenvalue weighted by atomic mass is 9.83. The molecule has 6 rings (SSSR count). The molecule has 0 aliphatic carbocycles. The fourth-order valence-corrected chi connectivity index (χ4v) is 8.54. The molecule has 47 heavy (non-hydrogen) atoms. The first-order valence-electron chi connectivity index (χ1n) is 14.1. The van der Waals surface area contributed by atoms with Crippen LogP contribution in [0, 0.1) is 5.92 Å². The summed E-state index contributed by atoms with van der Waals surface area (Å²) in [7, 11) is 4.43. The van der Waals surface area contributed by atoms with Crippen molar-refractivity contribution < 1.29 is 41.8 Å². The number of nitrogens with one attached hydrogen (secondary N) is 1. The third-order valence-electron chi connectivity index (χ3n) is 7.92. The Balaban J connectivity index is 1.40. The molecule has 0 bridgehead atoms. The van der Waals surface area contributed by atoms with E-state index in [9.17, 15) is 32.3 Å². The van der Waals surface area contributed by atoms with Crippen molar-refractivity contribution in [2.75, 3.05) is 31.5 Å². The molecule has 3 amide bonds. The highest BCUT2D eigenvalue weighted by Crippen LogP contribution is 2.54. The van der Waals surface area contributed by atoms with Crippen LogP contribution in [0.5, 0.6) is 17.2 Å². The highest BCUT2D eigenvalue weighted by Gasteiger charge is 2.57. The van der Waals surface area contributed by atoms with Crippen LogP contribution in [0.25, 0.3) is 0 Å². The van der Waals surface area contributed by atoms with Crippen LogP contribution < -0.4 is 29.3 Å². The number of methoxy groups -OCH3 is 3. The monoisotopic (exact) mass is 685 g/mol. The number of thioether (sulfide) groups is 1. The van der Waals surface area contributed by atoms with Gasteiger partial charge in [-0.3, -0.25) is 23.7 Å². The largest absolute Gasteiger partial charge is 0.497 e. The van der Waals surface area contributed by atoms with Gasteiger partial charge in [0.15, 0.2) is 11.5 Å². The number of hydrogen-bond acceptors (Lipinski definition) is 9. The molecule has 2 aliphatic heterocycles. The molecule has 3 atom stereocenters. The van der Waals surface area contributed by atoms with Gasteiger partial charge in [0.1, 0.15) is 17.5 Å². The van der Waals surface area contributed by atoms with Crippen LogP contribution in [-0.4, -0.2) is 48.9 Å². The number of fused-ring (bicyclic) bond motifs is 2. The van der Waals surface area contributed by atoms with Crippen LogP contribution in [0.1, 0.15) is 21.9 Å². The number of aromatic nitrogens is 1. The van der Waals surface area contributed by atoms with Crippen LogP contribution in [0.4, 0.5) is 24.5 Å². The first kappa shape index (κ1) is 32.2. The van der Waals surface area contributed by atoms with E-state index >= 15 is 0 Å². The number of rotatable bonds is 8. The molecule has 4 aromatic rings. The van der Waals surface area contributed by atoms with Crippen molar-refractivity contribution in [2.45, 2.75) is 28.9 Å². The minimum absolute atomic E-state index is 0.0930. The van der Waals surface area contributed by atoms with Gasteiger partial charge in [0.25, 0.3) is 0 Å². The quantitative estimate of drug-likeness (QED) is 0.246. The number of amides is 3. The van der Waals surface area contributed by atoms with Crippen LogP contribution in [-0.2, 0) is 27.1 Å². The fourth-order valence-electron chi connectivity index (χ4n) is 5.76. The van der Waals surface area contributed by atoms with Crippen LogP contribution in [0.2, 0.25) is 0 Å². The van der Waals surface area contributed by atoms with Gasteiger partial charge in [0.2, 0.25) is 17.7 Å². The lowest BCUT2D eigenvalue weighted by Crippen LogP contribution is -2.33. The summed E-state index contributed by atoms with van der Waals surface area (Å²) in [5.41, 5.74) is -0.100. The van der Waals surface area contributed by atoms with Crippen molar-refractivity contribution in [1.82, 2.24) is 4.57 Å². The highest BCUT2D eigenvalue weighted by atomic mass is 32.2. The standard InChI is InChI=1S/C32H26F3N3O7S2/c1-43-20-10-8-19(9-11-20)38-28(40)25-24(16-7-12-21(44-2)22(13-16)45-3)27-30(46-26(25)29(38)41)37(31(42)47-27)15-23(39)36-18-6-4-5-17(14-18)32(33,34)35/h4-14,24-26H,15H2,1-3H3,(H,36,39)/t24-,25-,26+/m0/s1. The topological polar surface area (TPSA) is 116 Å². The lowest BCUT2D eigenvalue weighted by molar-refractivity contribution is -0.137. The van der Waals surface area contributed by atoms with E-state index in [2.05, 4.69) is 5.32 Å². The average Bonchev–Trinajstić information content (AvgIpc) is 3.50. The Labute approximate surface area is 274 Å². The summed E-state index contributed by atoms with van der Waals surface area (Å²) < 4.78 is 56.9. The highest BCUT2D eigenvalue weighted by molar-refractivity contribution is 8.00. The Bertz CT molecular complexity index is 1940. The van der Waals surface area contributed by atoms with Gasteiger partial charge < -0.3 is 19.5 Å². The van der Waals surface area contributed by atoms with Crippen molar-refractivity contribution >= 4 is 52.2 Å². The van der Waals surface area contributed by atoms with E-state index in [0.717, 1.165) is 46.2 Å². The first-order chi connectivity index (χ1) is 22.4. The van der Waals surface area contributed by atoms with Gasteiger partial charge in [0, 0.05) is 16.5 Å². The van der Waals surface area contributed by atoms with Gasteiger partial charge in [-0.1, -0.05) is 35.2 Å². The number of nitrogens with zero attached hydrogens (tertiary/aromatic N) is 2. The Morgan fingerprint density at radius 2 is 1.62 bits per heavy atom. The second kappa shape index (κ2) is 12.4. The summed E-state index contributed by atoms with van der Waals surface area (Å²) >= 11 is 1.85. The van der Waals surface area contributed by atoms with Crippen molar-refractivity contribution in [1.29, 1.82) is 0 Å². The number of halogens is 3. The number of hydrogen-bond donors (Lipinski definition) is 1. The molecule has 0 unspecified atom stereocenters. The molecule has 10 nitrogen and oxygen atoms in total. The lowest BCUT2D eigenvalue weighted by Gasteiger charge is -2.31. The van der Waals surface area contributed by atoms with E-state index in [4.69, 9.17) is 14.2 Å². The average molecular weight is 686 g/mol. The molecule has 1 fully saturated rings. The van der Waals surface area contributed by atoms with Gasteiger partial charge in [-0.25, -0.2) is 4.90 Å². The fraction of sp³-hybridized carbons (Fsp3) is 0.250. The minimum Gasteiger partial charge on any atom is -0.497 e. The summed E-state index contributed by atoms with van der Waals surface area (Å²) in [5, 5.41) is 1.79. The number of carbonyl (C=O) groups is 3. The zero-order valence-corrected chi connectivity index (χ0v) is 26.6.